The van der Waals surface area contributed by atoms with Crippen molar-refractivity contribution in [1.29, 1.82) is 0 Å². The van der Waals surface area contributed by atoms with Crippen LogP contribution < -0.4 is 5.32 Å². The summed E-state index contributed by atoms with van der Waals surface area (Å²) in [5.74, 6) is -1.71. The fourth-order valence-electron chi connectivity index (χ4n) is 1.52. The van der Waals surface area contributed by atoms with Crippen LogP contribution in [0.25, 0.3) is 0 Å². The van der Waals surface area contributed by atoms with Gasteiger partial charge in [0, 0.05) is 27.2 Å². The van der Waals surface area contributed by atoms with E-state index in [4.69, 9.17) is 14.6 Å². The number of nitrogens with zero attached hydrogens (tertiary/aromatic N) is 1. The van der Waals surface area contributed by atoms with Gasteiger partial charge in [0.25, 0.3) is 0 Å². The standard InChI is InChI=1S/C12H22N2O6/c1-9(8-20-3)14(6-7-19-2)12(18)13-10(15)4-5-11(16)17/h9H,4-8H2,1-3H3,(H,16,17)(H,13,15,18). The highest BCUT2D eigenvalue weighted by Crippen LogP contribution is 2.01. The third-order valence-corrected chi connectivity index (χ3v) is 2.55. The summed E-state index contributed by atoms with van der Waals surface area (Å²) in [6.07, 6.45) is -0.553. The number of rotatable bonds is 9. The van der Waals surface area contributed by atoms with Gasteiger partial charge in [0.15, 0.2) is 0 Å². The quantitative estimate of drug-likeness (QED) is 0.622. The van der Waals surface area contributed by atoms with Crippen LogP contribution in [0, 0.1) is 0 Å². The van der Waals surface area contributed by atoms with E-state index in [1.807, 2.05) is 0 Å². The number of amides is 3. The Morgan fingerprint density at radius 1 is 1.20 bits per heavy atom. The fraction of sp³-hybridized carbons (Fsp3) is 0.750. The summed E-state index contributed by atoms with van der Waals surface area (Å²) < 4.78 is 9.88. The first-order chi connectivity index (χ1) is 9.42. The zero-order valence-corrected chi connectivity index (χ0v) is 12.0. The lowest BCUT2D eigenvalue weighted by Crippen LogP contribution is -2.49. The first-order valence-electron chi connectivity index (χ1n) is 6.22. The number of hydrogen-bond acceptors (Lipinski definition) is 5. The Morgan fingerprint density at radius 3 is 2.35 bits per heavy atom. The molecule has 0 aromatic heterocycles. The van der Waals surface area contributed by atoms with Gasteiger partial charge in [-0.1, -0.05) is 0 Å². The van der Waals surface area contributed by atoms with E-state index in [9.17, 15) is 14.4 Å². The van der Waals surface area contributed by atoms with Crippen molar-refractivity contribution in [2.24, 2.45) is 0 Å². The molecule has 1 unspecified atom stereocenters. The van der Waals surface area contributed by atoms with Crippen molar-refractivity contribution in [3.8, 4) is 0 Å². The van der Waals surface area contributed by atoms with Crippen LogP contribution in [0.4, 0.5) is 4.79 Å². The van der Waals surface area contributed by atoms with Crippen molar-refractivity contribution in [1.82, 2.24) is 10.2 Å². The maximum absolute atomic E-state index is 12.0. The number of aliphatic carboxylic acids is 1. The molecule has 1 atom stereocenters. The second-order valence-corrected chi connectivity index (χ2v) is 4.24. The van der Waals surface area contributed by atoms with E-state index in [0.29, 0.717) is 19.8 Å². The van der Waals surface area contributed by atoms with Crippen molar-refractivity contribution >= 4 is 17.9 Å². The molecule has 0 aliphatic carbocycles. The lowest BCUT2D eigenvalue weighted by Gasteiger charge is -2.28. The van der Waals surface area contributed by atoms with Crippen molar-refractivity contribution in [3.05, 3.63) is 0 Å². The molecule has 116 valence electrons. The molecule has 3 amide bonds. The Balaban J connectivity index is 4.45. The number of urea groups is 1. The molecule has 0 saturated carbocycles. The van der Waals surface area contributed by atoms with Crippen LogP contribution in [0.1, 0.15) is 19.8 Å². The first-order valence-corrected chi connectivity index (χ1v) is 6.22. The van der Waals surface area contributed by atoms with E-state index >= 15 is 0 Å². The van der Waals surface area contributed by atoms with Crippen molar-refractivity contribution in [2.75, 3.05) is 34.0 Å². The van der Waals surface area contributed by atoms with E-state index in [2.05, 4.69) is 5.32 Å². The summed E-state index contributed by atoms with van der Waals surface area (Å²) in [5, 5.41) is 10.6. The summed E-state index contributed by atoms with van der Waals surface area (Å²) in [6, 6.07) is -0.815. The highest BCUT2D eigenvalue weighted by Gasteiger charge is 2.21. The van der Waals surface area contributed by atoms with Gasteiger partial charge in [0.1, 0.15) is 0 Å². The lowest BCUT2D eigenvalue weighted by atomic mass is 10.3. The van der Waals surface area contributed by atoms with Crippen molar-refractivity contribution in [2.45, 2.75) is 25.8 Å². The third kappa shape index (κ3) is 7.70. The molecule has 0 aromatic rings. The molecular formula is C12H22N2O6. The SMILES string of the molecule is COCCN(C(=O)NC(=O)CCC(=O)O)C(C)COC. The van der Waals surface area contributed by atoms with Gasteiger partial charge in [-0.05, 0) is 6.92 Å². The van der Waals surface area contributed by atoms with Gasteiger partial charge < -0.3 is 19.5 Å². The molecule has 0 aromatic carbocycles. The van der Waals surface area contributed by atoms with Gasteiger partial charge in [0.2, 0.25) is 5.91 Å². The van der Waals surface area contributed by atoms with Crippen LogP contribution in [0.15, 0.2) is 0 Å². The minimum absolute atomic E-state index is 0.234. The summed E-state index contributed by atoms with van der Waals surface area (Å²) in [5.41, 5.74) is 0. The predicted octanol–water partition coefficient (Wildman–Crippen LogP) is 0.0707. The summed E-state index contributed by atoms with van der Waals surface area (Å²) in [6.45, 7) is 2.73. The average Bonchev–Trinajstić information content (AvgIpc) is 2.37. The normalized spacial score (nSPS) is 11.8. The van der Waals surface area contributed by atoms with Gasteiger partial charge in [0.05, 0.1) is 25.7 Å². The van der Waals surface area contributed by atoms with E-state index in [-0.39, 0.29) is 18.9 Å². The number of carboxylic acid groups (broad SMARTS) is 1. The molecule has 2 N–H and O–H groups in total. The largest absolute Gasteiger partial charge is 0.481 e. The van der Waals surface area contributed by atoms with Crippen LogP contribution >= 0.6 is 0 Å². The molecule has 0 heterocycles. The van der Waals surface area contributed by atoms with E-state index in [0.717, 1.165) is 0 Å². The van der Waals surface area contributed by atoms with Gasteiger partial charge in [-0.15, -0.1) is 0 Å². The molecule has 0 saturated heterocycles. The van der Waals surface area contributed by atoms with Gasteiger partial charge in [-0.3, -0.25) is 14.9 Å². The number of nitrogens with one attached hydrogen (secondary N) is 1. The van der Waals surface area contributed by atoms with Crippen LogP contribution in [-0.4, -0.2) is 67.9 Å². The van der Waals surface area contributed by atoms with Crippen LogP contribution in [0.5, 0.6) is 0 Å². The summed E-state index contributed by atoms with van der Waals surface area (Å²) in [4.78, 5) is 35.1. The Bertz CT molecular complexity index is 334. The maximum atomic E-state index is 12.0. The molecule has 0 spiro atoms. The number of carbonyl (C=O) groups is 3. The molecule has 0 aliphatic rings. The van der Waals surface area contributed by atoms with Crippen LogP contribution in [0.3, 0.4) is 0 Å². The highest BCUT2D eigenvalue weighted by atomic mass is 16.5. The number of carboxylic acids is 1. The van der Waals surface area contributed by atoms with Crippen molar-refractivity contribution < 1.29 is 29.0 Å². The third-order valence-electron chi connectivity index (χ3n) is 2.55. The molecule has 20 heavy (non-hydrogen) atoms. The second kappa shape index (κ2) is 10.2. The Kier molecular flexibility index (Phi) is 9.31. The Hall–Kier alpha value is -1.67. The number of methoxy groups -OCH3 is 2. The highest BCUT2D eigenvalue weighted by molar-refractivity contribution is 5.95. The smallest absolute Gasteiger partial charge is 0.324 e. The first kappa shape index (κ1) is 18.3. The van der Waals surface area contributed by atoms with Crippen LogP contribution in [-0.2, 0) is 19.1 Å². The molecule has 0 aliphatic heterocycles. The van der Waals surface area contributed by atoms with E-state index < -0.39 is 17.9 Å². The Labute approximate surface area is 118 Å². The molecule has 0 fully saturated rings. The molecule has 0 bridgehead atoms. The Morgan fingerprint density at radius 2 is 1.85 bits per heavy atom. The average molecular weight is 290 g/mol. The van der Waals surface area contributed by atoms with Crippen LogP contribution in [0.2, 0.25) is 0 Å². The minimum atomic E-state index is -1.09. The molecule has 8 heteroatoms. The molecule has 0 rings (SSSR count). The maximum Gasteiger partial charge on any atom is 0.324 e. The molecule has 0 radical (unpaired) electrons. The zero-order valence-electron chi connectivity index (χ0n) is 12.0. The monoisotopic (exact) mass is 290 g/mol. The number of ether oxygens (including phenoxy) is 2. The number of carbonyl (C=O) groups excluding carboxylic acids is 2. The second-order valence-electron chi connectivity index (χ2n) is 4.24. The topological polar surface area (TPSA) is 105 Å². The fourth-order valence-corrected chi connectivity index (χ4v) is 1.52. The predicted molar refractivity (Wildman–Crippen MR) is 70.3 cm³/mol. The molecule has 8 nitrogen and oxygen atoms in total. The number of imide groups is 1. The summed E-state index contributed by atoms with van der Waals surface area (Å²) >= 11 is 0. The van der Waals surface area contributed by atoms with E-state index in [1.54, 1.807) is 6.92 Å². The van der Waals surface area contributed by atoms with Crippen molar-refractivity contribution in [3.63, 3.8) is 0 Å². The zero-order chi connectivity index (χ0) is 15.5. The number of hydrogen-bond donors (Lipinski definition) is 2. The van der Waals surface area contributed by atoms with Gasteiger partial charge >= 0.3 is 12.0 Å². The van der Waals surface area contributed by atoms with Gasteiger partial charge in [-0.25, -0.2) is 4.79 Å². The van der Waals surface area contributed by atoms with Gasteiger partial charge in [-0.2, -0.15) is 0 Å². The molecular weight excluding hydrogens is 268 g/mol. The minimum Gasteiger partial charge on any atom is -0.481 e. The van der Waals surface area contributed by atoms with E-state index in [1.165, 1.54) is 19.1 Å². The lowest BCUT2D eigenvalue weighted by molar-refractivity contribution is -0.138. The summed E-state index contributed by atoms with van der Waals surface area (Å²) in [7, 11) is 3.02.